The predicted molar refractivity (Wildman–Crippen MR) is 144 cm³/mol. The molecule has 0 unspecified atom stereocenters. The number of carbonyl (C=O) groups excluding carboxylic acids is 1. The molecule has 3 aromatic carbocycles. The van der Waals surface area contributed by atoms with Crippen molar-refractivity contribution >= 4 is 22.5 Å². The summed E-state index contributed by atoms with van der Waals surface area (Å²) in [5, 5.41) is 3.78. The van der Waals surface area contributed by atoms with Gasteiger partial charge in [0.1, 0.15) is 6.54 Å². The molecule has 0 radical (unpaired) electrons. The Morgan fingerprint density at radius 2 is 1.50 bits per heavy atom. The van der Waals surface area contributed by atoms with Gasteiger partial charge in [-0.05, 0) is 68.5 Å². The van der Waals surface area contributed by atoms with Crippen LogP contribution in [0.3, 0.4) is 0 Å². The van der Waals surface area contributed by atoms with Crippen molar-refractivity contribution in [2.24, 2.45) is 0 Å². The predicted octanol–water partition coefficient (Wildman–Crippen LogP) is 5.37. The van der Waals surface area contributed by atoms with Crippen molar-refractivity contribution in [1.82, 2.24) is 4.57 Å². The van der Waals surface area contributed by atoms with E-state index in [1.807, 2.05) is 44.2 Å². The number of ether oxygens (including phenoxy) is 2. The number of methoxy groups -OCH3 is 2. The molecule has 6 nitrogen and oxygen atoms in total. The van der Waals surface area contributed by atoms with Gasteiger partial charge in [0.2, 0.25) is 5.91 Å². The highest BCUT2D eigenvalue weighted by atomic mass is 16.5. The van der Waals surface area contributed by atoms with Gasteiger partial charge in [-0.2, -0.15) is 0 Å². The Hall–Kier alpha value is -4.06. The summed E-state index contributed by atoms with van der Waals surface area (Å²) >= 11 is 0. The SMILES string of the molecule is COc1cc2cc(CCc3ccc(C)cc3)c(=O)n(CC(=O)Nc3cc(C)ccc3C)c2cc1OC. The van der Waals surface area contributed by atoms with Gasteiger partial charge in [-0.1, -0.05) is 42.0 Å². The van der Waals surface area contributed by atoms with Crippen molar-refractivity contribution in [2.75, 3.05) is 19.5 Å². The molecule has 1 aromatic heterocycles. The Morgan fingerprint density at radius 3 is 2.19 bits per heavy atom. The van der Waals surface area contributed by atoms with E-state index in [-0.39, 0.29) is 18.0 Å². The zero-order valence-electron chi connectivity index (χ0n) is 21.5. The highest BCUT2D eigenvalue weighted by Crippen LogP contribution is 2.32. The van der Waals surface area contributed by atoms with Gasteiger partial charge in [0.05, 0.1) is 19.7 Å². The van der Waals surface area contributed by atoms with E-state index in [2.05, 4.69) is 36.5 Å². The molecule has 0 aliphatic rings. The lowest BCUT2D eigenvalue weighted by molar-refractivity contribution is -0.116. The standard InChI is InChI=1S/C30H32N2O4/c1-19-7-10-22(11-8-19)12-13-23-15-24-16-27(35-4)28(36-5)17-26(24)32(30(23)34)18-29(33)31-25-14-20(2)6-9-21(25)3/h6-11,14-17H,12-13,18H2,1-5H3,(H,31,33). The summed E-state index contributed by atoms with van der Waals surface area (Å²) in [6, 6.07) is 19.7. The fourth-order valence-corrected chi connectivity index (χ4v) is 4.34. The third-order valence-electron chi connectivity index (χ3n) is 6.45. The number of amides is 1. The molecular weight excluding hydrogens is 452 g/mol. The van der Waals surface area contributed by atoms with Crippen molar-refractivity contribution in [2.45, 2.75) is 40.2 Å². The van der Waals surface area contributed by atoms with E-state index in [4.69, 9.17) is 9.47 Å². The van der Waals surface area contributed by atoms with Crippen molar-refractivity contribution in [3.05, 3.63) is 98.8 Å². The fraction of sp³-hybridized carbons (Fsp3) is 0.267. The number of anilines is 1. The molecule has 0 fully saturated rings. The summed E-state index contributed by atoms with van der Waals surface area (Å²) in [7, 11) is 3.13. The number of carbonyl (C=O) groups is 1. The average Bonchev–Trinajstić information content (AvgIpc) is 2.87. The van der Waals surface area contributed by atoms with Crippen molar-refractivity contribution in [3.63, 3.8) is 0 Å². The van der Waals surface area contributed by atoms with E-state index in [0.717, 1.165) is 34.2 Å². The van der Waals surface area contributed by atoms with Gasteiger partial charge >= 0.3 is 0 Å². The van der Waals surface area contributed by atoms with Gasteiger partial charge in [-0.25, -0.2) is 0 Å². The van der Waals surface area contributed by atoms with Crippen LogP contribution in [-0.2, 0) is 24.2 Å². The molecule has 186 valence electrons. The first kappa shape index (κ1) is 25.0. The van der Waals surface area contributed by atoms with Crippen molar-refractivity contribution in [1.29, 1.82) is 0 Å². The van der Waals surface area contributed by atoms with Crippen molar-refractivity contribution in [3.8, 4) is 11.5 Å². The van der Waals surface area contributed by atoms with Crippen LogP contribution >= 0.6 is 0 Å². The number of fused-ring (bicyclic) bond motifs is 1. The van der Waals surface area contributed by atoms with Gasteiger partial charge in [0.25, 0.3) is 5.56 Å². The number of nitrogens with one attached hydrogen (secondary N) is 1. The highest BCUT2D eigenvalue weighted by Gasteiger charge is 2.16. The molecule has 0 aliphatic carbocycles. The molecule has 0 aliphatic heterocycles. The van der Waals surface area contributed by atoms with Crippen LogP contribution in [0.5, 0.6) is 11.5 Å². The number of hydrogen-bond acceptors (Lipinski definition) is 4. The van der Waals surface area contributed by atoms with Crippen LogP contribution in [0.2, 0.25) is 0 Å². The number of hydrogen-bond donors (Lipinski definition) is 1. The lowest BCUT2D eigenvalue weighted by atomic mass is 10.0. The zero-order valence-corrected chi connectivity index (χ0v) is 21.5. The van der Waals surface area contributed by atoms with Gasteiger partial charge in [0, 0.05) is 22.7 Å². The number of aromatic nitrogens is 1. The zero-order chi connectivity index (χ0) is 25.8. The number of rotatable bonds is 8. The minimum absolute atomic E-state index is 0.115. The maximum Gasteiger partial charge on any atom is 0.254 e. The molecule has 1 amide bonds. The van der Waals surface area contributed by atoms with Crippen LogP contribution in [0.1, 0.15) is 27.8 Å². The van der Waals surface area contributed by atoms with Gasteiger partial charge in [0.15, 0.2) is 11.5 Å². The lowest BCUT2D eigenvalue weighted by Crippen LogP contribution is -2.30. The molecule has 1 heterocycles. The Kier molecular flexibility index (Phi) is 7.44. The van der Waals surface area contributed by atoms with Crippen LogP contribution in [0.25, 0.3) is 10.9 Å². The second-order valence-corrected chi connectivity index (χ2v) is 9.18. The Balaban J connectivity index is 1.73. The van der Waals surface area contributed by atoms with Crippen molar-refractivity contribution < 1.29 is 14.3 Å². The number of pyridine rings is 1. The molecule has 1 N–H and O–H groups in total. The first-order chi connectivity index (χ1) is 17.3. The third kappa shape index (κ3) is 5.43. The lowest BCUT2D eigenvalue weighted by Gasteiger charge is -2.16. The molecule has 0 saturated heterocycles. The van der Waals surface area contributed by atoms with Gasteiger partial charge < -0.3 is 14.8 Å². The Morgan fingerprint density at radius 1 is 0.833 bits per heavy atom. The molecule has 0 atom stereocenters. The summed E-state index contributed by atoms with van der Waals surface area (Å²) in [5.74, 6) is 0.803. The molecule has 6 heteroatoms. The molecule has 0 saturated carbocycles. The van der Waals surface area contributed by atoms with Crippen LogP contribution in [0.15, 0.2) is 65.5 Å². The molecule has 0 bridgehead atoms. The Labute approximate surface area is 211 Å². The van der Waals surface area contributed by atoms with Gasteiger partial charge in [-0.15, -0.1) is 0 Å². The summed E-state index contributed by atoms with van der Waals surface area (Å²) in [6.07, 6.45) is 1.29. The third-order valence-corrected chi connectivity index (χ3v) is 6.45. The first-order valence-corrected chi connectivity index (χ1v) is 12.0. The van der Waals surface area contributed by atoms with E-state index >= 15 is 0 Å². The smallest absolute Gasteiger partial charge is 0.254 e. The summed E-state index contributed by atoms with van der Waals surface area (Å²) < 4.78 is 12.5. The largest absolute Gasteiger partial charge is 0.493 e. The average molecular weight is 485 g/mol. The van der Waals surface area contributed by atoms with Crippen LogP contribution in [0.4, 0.5) is 5.69 Å². The van der Waals surface area contributed by atoms with E-state index in [0.29, 0.717) is 29.0 Å². The molecule has 4 rings (SSSR count). The minimum Gasteiger partial charge on any atom is -0.493 e. The minimum atomic E-state index is -0.266. The van der Waals surface area contributed by atoms with Crippen LogP contribution in [-0.4, -0.2) is 24.7 Å². The van der Waals surface area contributed by atoms with E-state index in [1.165, 1.54) is 10.1 Å². The second kappa shape index (κ2) is 10.7. The molecule has 36 heavy (non-hydrogen) atoms. The molecule has 0 spiro atoms. The van der Waals surface area contributed by atoms with Crippen LogP contribution in [0, 0.1) is 20.8 Å². The van der Waals surface area contributed by atoms with E-state index < -0.39 is 0 Å². The number of benzene rings is 3. The first-order valence-electron chi connectivity index (χ1n) is 12.0. The molecular formula is C30H32N2O4. The summed E-state index contributed by atoms with van der Waals surface area (Å²) in [6.45, 7) is 5.86. The maximum atomic E-state index is 13.6. The summed E-state index contributed by atoms with van der Waals surface area (Å²) in [5.41, 5.74) is 6.19. The topological polar surface area (TPSA) is 69.6 Å². The fourth-order valence-electron chi connectivity index (χ4n) is 4.34. The van der Waals surface area contributed by atoms with Crippen LogP contribution < -0.4 is 20.3 Å². The molecule has 4 aromatic rings. The number of aryl methyl sites for hydroxylation is 5. The van der Waals surface area contributed by atoms with E-state index in [9.17, 15) is 9.59 Å². The van der Waals surface area contributed by atoms with Gasteiger partial charge in [-0.3, -0.25) is 14.2 Å². The normalized spacial score (nSPS) is 10.9. The monoisotopic (exact) mass is 484 g/mol. The maximum absolute atomic E-state index is 13.6. The quantitative estimate of drug-likeness (QED) is 0.365. The Bertz CT molecular complexity index is 1470. The summed E-state index contributed by atoms with van der Waals surface area (Å²) in [4.78, 5) is 26.7. The van der Waals surface area contributed by atoms with E-state index in [1.54, 1.807) is 20.3 Å². The second-order valence-electron chi connectivity index (χ2n) is 9.18. The highest BCUT2D eigenvalue weighted by molar-refractivity contribution is 5.93. The number of nitrogens with zero attached hydrogens (tertiary/aromatic N) is 1.